The lowest BCUT2D eigenvalue weighted by Crippen LogP contribution is -1.93. The highest BCUT2D eigenvalue weighted by Crippen LogP contribution is 2.25. The van der Waals surface area contributed by atoms with Crippen LogP contribution in [0.3, 0.4) is 0 Å². The summed E-state index contributed by atoms with van der Waals surface area (Å²) in [6, 6.07) is 13.5. The quantitative estimate of drug-likeness (QED) is 0.825. The summed E-state index contributed by atoms with van der Waals surface area (Å²) >= 11 is 5.63. The molecule has 0 amide bonds. The van der Waals surface area contributed by atoms with E-state index < -0.39 is 5.97 Å². The number of aromatic hydroxyl groups is 1. The number of aryl methyl sites for hydroxylation is 1. The minimum absolute atomic E-state index is 0.150. The summed E-state index contributed by atoms with van der Waals surface area (Å²) in [4.78, 5) is 10.2. The average molecular weight is 265 g/mol. The monoisotopic (exact) mass is 264 g/mol. The first-order valence-corrected chi connectivity index (χ1v) is 5.62. The van der Waals surface area contributed by atoms with E-state index >= 15 is 0 Å². The predicted molar refractivity (Wildman–Crippen MR) is 71.3 cm³/mol. The highest BCUT2D eigenvalue weighted by molar-refractivity contribution is 6.32. The molecule has 0 atom stereocenters. The van der Waals surface area contributed by atoms with E-state index in [2.05, 4.69) is 0 Å². The molecule has 0 bridgehead atoms. The minimum Gasteiger partial charge on any atom is -0.506 e. The van der Waals surface area contributed by atoms with Crippen molar-refractivity contribution in [2.45, 2.75) is 6.92 Å². The second kappa shape index (κ2) is 6.67. The number of halogens is 1. The smallest absolute Gasteiger partial charge is 0.335 e. The first-order chi connectivity index (χ1) is 8.52. The van der Waals surface area contributed by atoms with Gasteiger partial charge in [0.2, 0.25) is 0 Å². The lowest BCUT2D eigenvalue weighted by molar-refractivity contribution is 0.0697. The second-order valence-corrected chi connectivity index (χ2v) is 3.96. The van der Waals surface area contributed by atoms with Crippen LogP contribution in [0.15, 0.2) is 48.5 Å². The lowest BCUT2D eigenvalue weighted by Gasteiger charge is -1.97. The van der Waals surface area contributed by atoms with Crippen molar-refractivity contribution in [1.29, 1.82) is 0 Å². The maximum absolute atomic E-state index is 10.2. The van der Waals surface area contributed by atoms with Crippen molar-refractivity contribution in [3.63, 3.8) is 0 Å². The molecule has 0 saturated heterocycles. The number of hydrogen-bond donors (Lipinski definition) is 2. The Balaban J connectivity index is 0.000000180. The summed E-state index contributed by atoms with van der Waals surface area (Å²) in [7, 11) is 0. The van der Waals surface area contributed by atoms with Crippen LogP contribution in [-0.2, 0) is 0 Å². The number of carboxylic acid groups (broad SMARTS) is 1. The summed E-state index contributed by atoms with van der Waals surface area (Å²) in [5, 5.41) is 17.8. The van der Waals surface area contributed by atoms with Crippen LogP contribution in [0, 0.1) is 6.92 Å². The molecule has 0 radical (unpaired) electrons. The molecule has 0 saturated carbocycles. The third kappa shape index (κ3) is 4.11. The summed E-state index contributed by atoms with van der Waals surface area (Å²) in [5.41, 5.74) is 1.23. The molecule has 0 spiro atoms. The average Bonchev–Trinajstić information content (AvgIpc) is 2.38. The fourth-order valence-electron chi connectivity index (χ4n) is 1.21. The van der Waals surface area contributed by atoms with Crippen molar-refractivity contribution in [3.05, 3.63) is 64.7 Å². The molecular weight excluding hydrogens is 252 g/mol. The molecule has 18 heavy (non-hydrogen) atoms. The zero-order chi connectivity index (χ0) is 13.5. The Hall–Kier alpha value is -2.00. The van der Waals surface area contributed by atoms with Gasteiger partial charge < -0.3 is 10.2 Å². The van der Waals surface area contributed by atoms with Crippen molar-refractivity contribution in [3.8, 4) is 5.75 Å². The topological polar surface area (TPSA) is 57.5 Å². The Morgan fingerprint density at radius 2 is 1.67 bits per heavy atom. The summed E-state index contributed by atoms with van der Waals surface area (Å²) in [5.74, 6) is -0.729. The SMILES string of the molecule is Cc1cccc(O)c1Cl.O=C(O)c1ccccc1. The molecule has 0 aromatic heterocycles. The zero-order valence-corrected chi connectivity index (χ0v) is 10.6. The lowest BCUT2D eigenvalue weighted by atomic mass is 10.2. The Labute approximate surface area is 110 Å². The fourth-order valence-corrected chi connectivity index (χ4v) is 1.34. The predicted octanol–water partition coefficient (Wildman–Crippen LogP) is 3.74. The highest BCUT2D eigenvalue weighted by atomic mass is 35.5. The molecule has 0 aliphatic carbocycles. The van der Waals surface area contributed by atoms with E-state index in [0.717, 1.165) is 5.56 Å². The van der Waals surface area contributed by atoms with Crippen molar-refractivity contribution >= 4 is 17.6 Å². The maximum Gasteiger partial charge on any atom is 0.335 e. The van der Waals surface area contributed by atoms with Gasteiger partial charge in [-0.1, -0.05) is 41.9 Å². The molecule has 0 aliphatic heterocycles. The van der Waals surface area contributed by atoms with Crippen LogP contribution in [0.25, 0.3) is 0 Å². The number of phenolic OH excluding ortho intramolecular Hbond substituents is 1. The van der Waals surface area contributed by atoms with Crippen LogP contribution in [-0.4, -0.2) is 16.2 Å². The molecule has 2 aromatic carbocycles. The summed E-state index contributed by atoms with van der Waals surface area (Å²) < 4.78 is 0. The Kier molecular flexibility index (Phi) is 5.21. The normalized spacial score (nSPS) is 9.22. The Morgan fingerprint density at radius 1 is 1.06 bits per heavy atom. The third-order valence-corrected chi connectivity index (χ3v) is 2.68. The first-order valence-electron chi connectivity index (χ1n) is 5.25. The van der Waals surface area contributed by atoms with Gasteiger partial charge in [0, 0.05) is 0 Å². The number of rotatable bonds is 1. The standard InChI is InChI=1S/C7H7ClO.C7H6O2/c1-5-3-2-4-6(9)7(5)8;8-7(9)6-4-2-1-3-5-6/h2-4,9H,1H3;1-5H,(H,8,9). The molecule has 2 aromatic rings. The molecule has 2 rings (SSSR count). The maximum atomic E-state index is 10.2. The fraction of sp³-hybridized carbons (Fsp3) is 0.0714. The van der Waals surface area contributed by atoms with Crippen molar-refractivity contribution in [2.24, 2.45) is 0 Å². The van der Waals surface area contributed by atoms with Gasteiger partial charge in [-0.3, -0.25) is 0 Å². The van der Waals surface area contributed by atoms with Crippen LogP contribution in [0.1, 0.15) is 15.9 Å². The molecule has 0 aliphatic rings. The number of carbonyl (C=O) groups is 1. The van der Waals surface area contributed by atoms with Gasteiger partial charge in [-0.2, -0.15) is 0 Å². The van der Waals surface area contributed by atoms with Gasteiger partial charge in [-0.15, -0.1) is 0 Å². The first kappa shape index (κ1) is 14.1. The van der Waals surface area contributed by atoms with Gasteiger partial charge in [0.1, 0.15) is 5.75 Å². The third-order valence-electron chi connectivity index (χ3n) is 2.19. The van der Waals surface area contributed by atoms with Gasteiger partial charge in [0.15, 0.2) is 0 Å². The van der Waals surface area contributed by atoms with Crippen LogP contribution < -0.4 is 0 Å². The molecule has 0 fully saturated rings. The van der Waals surface area contributed by atoms with Gasteiger partial charge in [-0.25, -0.2) is 4.79 Å². The molecule has 2 N–H and O–H groups in total. The largest absolute Gasteiger partial charge is 0.506 e. The van der Waals surface area contributed by atoms with E-state index in [-0.39, 0.29) is 5.75 Å². The molecular formula is C14H13ClO3. The molecule has 0 unspecified atom stereocenters. The molecule has 3 nitrogen and oxygen atoms in total. The highest BCUT2D eigenvalue weighted by Gasteiger charge is 1.97. The van der Waals surface area contributed by atoms with E-state index in [9.17, 15) is 4.79 Å². The van der Waals surface area contributed by atoms with Crippen molar-refractivity contribution in [2.75, 3.05) is 0 Å². The van der Waals surface area contributed by atoms with Gasteiger partial charge in [-0.05, 0) is 30.7 Å². The number of carboxylic acids is 1. The van der Waals surface area contributed by atoms with E-state index in [4.69, 9.17) is 21.8 Å². The van der Waals surface area contributed by atoms with E-state index in [1.807, 2.05) is 13.0 Å². The number of aromatic carboxylic acids is 1. The molecule has 94 valence electrons. The van der Waals surface area contributed by atoms with Crippen molar-refractivity contribution in [1.82, 2.24) is 0 Å². The Morgan fingerprint density at radius 3 is 2.06 bits per heavy atom. The van der Waals surface area contributed by atoms with Crippen molar-refractivity contribution < 1.29 is 15.0 Å². The summed E-state index contributed by atoms with van der Waals surface area (Å²) in [6.45, 7) is 1.85. The van der Waals surface area contributed by atoms with Gasteiger partial charge in [0.25, 0.3) is 0 Å². The Bertz CT molecular complexity index is 504. The molecule has 4 heteroatoms. The number of phenols is 1. The van der Waals surface area contributed by atoms with Gasteiger partial charge in [0.05, 0.1) is 10.6 Å². The van der Waals surface area contributed by atoms with E-state index in [0.29, 0.717) is 10.6 Å². The van der Waals surface area contributed by atoms with Crippen LogP contribution in [0.5, 0.6) is 5.75 Å². The minimum atomic E-state index is -0.879. The summed E-state index contributed by atoms with van der Waals surface area (Å²) in [6.07, 6.45) is 0. The van der Waals surface area contributed by atoms with Crippen LogP contribution in [0.2, 0.25) is 5.02 Å². The molecule has 0 heterocycles. The van der Waals surface area contributed by atoms with Gasteiger partial charge >= 0.3 is 5.97 Å². The number of hydrogen-bond acceptors (Lipinski definition) is 2. The number of benzene rings is 2. The second-order valence-electron chi connectivity index (χ2n) is 3.58. The van der Waals surface area contributed by atoms with E-state index in [1.54, 1.807) is 42.5 Å². The zero-order valence-electron chi connectivity index (χ0n) is 9.80. The van der Waals surface area contributed by atoms with Crippen LogP contribution in [0.4, 0.5) is 0 Å². The van der Waals surface area contributed by atoms with Crippen LogP contribution >= 0.6 is 11.6 Å². The van der Waals surface area contributed by atoms with E-state index in [1.165, 1.54) is 0 Å².